The number of hydrogen-bond acceptors (Lipinski definition) is 4. The molecule has 0 aromatic heterocycles. The third-order valence-corrected chi connectivity index (χ3v) is 5.26. The fourth-order valence-electron chi connectivity index (χ4n) is 2.33. The minimum Gasteiger partial charge on any atom is -0.497 e. The maximum atomic E-state index is 12.4. The lowest BCUT2D eigenvalue weighted by atomic mass is 10.2. The highest BCUT2D eigenvalue weighted by molar-refractivity contribution is 7.89. The third kappa shape index (κ3) is 4.72. The van der Waals surface area contributed by atoms with Crippen LogP contribution >= 0.6 is 0 Å². The molecule has 2 aromatic rings. The standard InChI is InChI=1S/C18H23NO4S/c1-4-15-6-5-7-17(13-15)23-11-10-19-24(20,21)18-9-8-16(22-3)12-14(18)2/h5-9,12-13,19H,4,10-11H2,1-3H3. The van der Waals surface area contributed by atoms with E-state index < -0.39 is 10.0 Å². The first-order valence-corrected chi connectivity index (χ1v) is 9.30. The van der Waals surface area contributed by atoms with Gasteiger partial charge < -0.3 is 9.47 Å². The Kier molecular flexibility index (Phi) is 6.23. The van der Waals surface area contributed by atoms with E-state index in [1.165, 1.54) is 5.56 Å². The van der Waals surface area contributed by atoms with Crippen LogP contribution in [0.5, 0.6) is 11.5 Å². The highest BCUT2D eigenvalue weighted by Crippen LogP contribution is 2.20. The average molecular weight is 349 g/mol. The van der Waals surface area contributed by atoms with Crippen LogP contribution in [-0.4, -0.2) is 28.7 Å². The fourth-order valence-corrected chi connectivity index (χ4v) is 3.57. The number of nitrogens with one attached hydrogen (secondary N) is 1. The van der Waals surface area contributed by atoms with E-state index in [1.54, 1.807) is 32.2 Å². The first-order valence-electron chi connectivity index (χ1n) is 7.82. The summed E-state index contributed by atoms with van der Waals surface area (Å²) >= 11 is 0. The molecule has 0 aliphatic carbocycles. The molecule has 24 heavy (non-hydrogen) atoms. The molecule has 0 saturated heterocycles. The van der Waals surface area contributed by atoms with Crippen LogP contribution in [0.3, 0.4) is 0 Å². The number of methoxy groups -OCH3 is 1. The second-order valence-corrected chi connectivity index (χ2v) is 7.11. The molecule has 130 valence electrons. The smallest absolute Gasteiger partial charge is 0.240 e. The number of sulfonamides is 1. The van der Waals surface area contributed by atoms with Crippen molar-refractivity contribution < 1.29 is 17.9 Å². The lowest BCUT2D eigenvalue weighted by Crippen LogP contribution is -2.28. The van der Waals surface area contributed by atoms with Gasteiger partial charge in [0.1, 0.15) is 18.1 Å². The number of ether oxygens (including phenoxy) is 2. The van der Waals surface area contributed by atoms with Gasteiger partial charge in [0, 0.05) is 6.54 Å². The Hall–Kier alpha value is -2.05. The minimum absolute atomic E-state index is 0.199. The summed E-state index contributed by atoms with van der Waals surface area (Å²) < 4.78 is 38.0. The van der Waals surface area contributed by atoms with Crippen LogP contribution in [-0.2, 0) is 16.4 Å². The Balaban J connectivity index is 1.93. The lowest BCUT2D eigenvalue weighted by molar-refractivity contribution is 0.322. The summed E-state index contributed by atoms with van der Waals surface area (Å²) in [6.07, 6.45) is 0.931. The first kappa shape index (κ1) is 18.3. The van der Waals surface area contributed by atoms with Crippen molar-refractivity contribution >= 4 is 10.0 Å². The lowest BCUT2D eigenvalue weighted by Gasteiger charge is -2.11. The van der Waals surface area contributed by atoms with Crippen LogP contribution in [0.4, 0.5) is 0 Å². The van der Waals surface area contributed by atoms with Crippen molar-refractivity contribution in [1.82, 2.24) is 4.72 Å². The molecule has 0 radical (unpaired) electrons. The van der Waals surface area contributed by atoms with E-state index in [-0.39, 0.29) is 18.0 Å². The highest BCUT2D eigenvalue weighted by Gasteiger charge is 2.16. The molecular weight excluding hydrogens is 326 g/mol. The van der Waals surface area contributed by atoms with Crippen LogP contribution in [0, 0.1) is 6.92 Å². The fraction of sp³-hybridized carbons (Fsp3) is 0.333. The van der Waals surface area contributed by atoms with Crippen LogP contribution in [0.2, 0.25) is 0 Å². The van der Waals surface area contributed by atoms with E-state index in [1.807, 2.05) is 24.3 Å². The van der Waals surface area contributed by atoms with Gasteiger partial charge in [0.15, 0.2) is 0 Å². The van der Waals surface area contributed by atoms with Gasteiger partial charge in [-0.05, 0) is 54.8 Å². The topological polar surface area (TPSA) is 64.6 Å². The van der Waals surface area contributed by atoms with Crippen molar-refractivity contribution in [3.63, 3.8) is 0 Å². The largest absolute Gasteiger partial charge is 0.497 e. The van der Waals surface area contributed by atoms with Gasteiger partial charge in [-0.25, -0.2) is 13.1 Å². The normalized spacial score (nSPS) is 11.3. The van der Waals surface area contributed by atoms with Gasteiger partial charge in [-0.15, -0.1) is 0 Å². The van der Waals surface area contributed by atoms with Gasteiger partial charge in [-0.3, -0.25) is 0 Å². The second-order valence-electron chi connectivity index (χ2n) is 5.38. The molecule has 1 N–H and O–H groups in total. The molecule has 0 amide bonds. The van der Waals surface area contributed by atoms with Crippen molar-refractivity contribution in [2.24, 2.45) is 0 Å². The Labute approximate surface area is 143 Å². The maximum Gasteiger partial charge on any atom is 0.240 e. The summed E-state index contributed by atoms with van der Waals surface area (Å²) in [7, 11) is -2.02. The molecule has 0 atom stereocenters. The van der Waals surface area contributed by atoms with E-state index in [0.29, 0.717) is 11.3 Å². The summed E-state index contributed by atoms with van der Waals surface area (Å²) in [4.78, 5) is 0.247. The highest BCUT2D eigenvalue weighted by atomic mass is 32.2. The van der Waals surface area contributed by atoms with Crippen molar-refractivity contribution in [3.05, 3.63) is 53.6 Å². The zero-order valence-electron chi connectivity index (χ0n) is 14.2. The minimum atomic E-state index is -3.57. The van der Waals surface area contributed by atoms with Gasteiger partial charge >= 0.3 is 0 Å². The Morgan fingerprint density at radius 3 is 2.54 bits per heavy atom. The van der Waals surface area contributed by atoms with Gasteiger partial charge in [0.2, 0.25) is 10.0 Å². The molecule has 6 heteroatoms. The van der Waals surface area contributed by atoms with Crippen LogP contribution < -0.4 is 14.2 Å². The Morgan fingerprint density at radius 1 is 1.08 bits per heavy atom. The van der Waals surface area contributed by atoms with Gasteiger partial charge in [0.05, 0.1) is 12.0 Å². The summed E-state index contributed by atoms with van der Waals surface area (Å²) in [6, 6.07) is 12.7. The van der Waals surface area contributed by atoms with Gasteiger partial charge in [0.25, 0.3) is 0 Å². The van der Waals surface area contributed by atoms with E-state index in [0.717, 1.165) is 12.2 Å². The van der Waals surface area contributed by atoms with Crippen molar-refractivity contribution in [1.29, 1.82) is 0 Å². The molecule has 2 aromatic carbocycles. The van der Waals surface area contributed by atoms with E-state index in [4.69, 9.17) is 9.47 Å². The second kappa shape index (κ2) is 8.17. The number of benzene rings is 2. The molecule has 2 rings (SSSR count). The molecule has 0 fully saturated rings. The molecule has 0 saturated carbocycles. The van der Waals surface area contributed by atoms with Crippen molar-refractivity contribution in [2.45, 2.75) is 25.2 Å². The van der Waals surface area contributed by atoms with Gasteiger partial charge in [-0.2, -0.15) is 0 Å². The van der Waals surface area contributed by atoms with Crippen LogP contribution in [0.15, 0.2) is 47.4 Å². The van der Waals surface area contributed by atoms with E-state index >= 15 is 0 Å². The summed E-state index contributed by atoms with van der Waals surface area (Å²) in [6.45, 7) is 4.28. The third-order valence-electron chi connectivity index (χ3n) is 3.64. The number of aryl methyl sites for hydroxylation is 2. The van der Waals surface area contributed by atoms with Crippen LogP contribution in [0.1, 0.15) is 18.1 Å². The van der Waals surface area contributed by atoms with Crippen molar-refractivity contribution in [2.75, 3.05) is 20.3 Å². The Bertz CT molecular complexity index is 787. The zero-order valence-corrected chi connectivity index (χ0v) is 15.0. The molecule has 0 heterocycles. The predicted octanol–water partition coefficient (Wildman–Crippen LogP) is 2.92. The SMILES string of the molecule is CCc1cccc(OCCNS(=O)(=O)c2ccc(OC)cc2C)c1. The molecule has 0 aliphatic heterocycles. The van der Waals surface area contributed by atoms with Gasteiger partial charge in [-0.1, -0.05) is 19.1 Å². The zero-order chi connectivity index (χ0) is 17.6. The summed E-state index contributed by atoms with van der Waals surface area (Å²) in [5.41, 5.74) is 1.82. The van der Waals surface area contributed by atoms with Crippen molar-refractivity contribution in [3.8, 4) is 11.5 Å². The quantitative estimate of drug-likeness (QED) is 0.744. The molecule has 5 nitrogen and oxygen atoms in total. The molecule has 0 aliphatic rings. The summed E-state index contributed by atoms with van der Waals surface area (Å²) in [5.74, 6) is 1.37. The van der Waals surface area contributed by atoms with Crippen LogP contribution in [0.25, 0.3) is 0 Å². The first-order chi connectivity index (χ1) is 11.5. The van der Waals surface area contributed by atoms with E-state index in [2.05, 4.69) is 11.6 Å². The summed E-state index contributed by atoms with van der Waals surface area (Å²) in [5, 5.41) is 0. The molecule has 0 unspecified atom stereocenters. The number of hydrogen-bond donors (Lipinski definition) is 1. The monoisotopic (exact) mass is 349 g/mol. The van der Waals surface area contributed by atoms with E-state index in [9.17, 15) is 8.42 Å². The predicted molar refractivity (Wildman–Crippen MR) is 94.2 cm³/mol. The average Bonchev–Trinajstić information content (AvgIpc) is 2.58. The number of rotatable bonds is 8. The maximum absolute atomic E-state index is 12.4. The molecule has 0 spiro atoms. The molecule has 0 bridgehead atoms. The molecular formula is C18H23NO4S. The Morgan fingerprint density at radius 2 is 1.88 bits per heavy atom.